The van der Waals surface area contributed by atoms with Crippen molar-refractivity contribution in [1.29, 1.82) is 0 Å². The molecule has 7 nitrogen and oxygen atoms in total. The van der Waals surface area contributed by atoms with E-state index in [0.29, 0.717) is 12.3 Å². The molecule has 1 aliphatic carbocycles. The molecule has 0 bridgehead atoms. The van der Waals surface area contributed by atoms with Crippen LogP contribution < -0.4 is 4.90 Å². The zero-order chi connectivity index (χ0) is 20.3. The van der Waals surface area contributed by atoms with Gasteiger partial charge in [-0.05, 0) is 54.2 Å². The van der Waals surface area contributed by atoms with E-state index < -0.39 is 0 Å². The van der Waals surface area contributed by atoms with Crippen molar-refractivity contribution in [3.05, 3.63) is 35.7 Å². The van der Waals surface area contributed by atoms with Crippen LogP contribution in [0.1, 0.15) is 49.7 Å². The van der Waals surface area contributed by atoms with Crippen molar-refractivity contribution >= 4 is 11.6 Å². The van der Waals surface area contributed by atoms with Gasteiger partial charge in [-0.15, -0.1) is 5.10 Å². The lowest BCUT2D eigenvalue weighted by Crippen LogP contribution is -2.50. The van der Waals surface area contributed by atoms with Crippen molar-refractivity contribution in [1.82, 2.24) is 25.1 Å². The van der Waals surface area contributed by atoms with Crippen LogP contribution in [0.25, 0.3) is 0 Å². The van der Waals surface area contributed by atoms with Gasteiger partial charge in [0.1, 0.15) is 6.33 Å². The summed E-state index contributed by atoms with van der Waals surface area (Å²) in [5.74, 6) is 0.292. The first-order chi connectivity index (χ1) is 14.0. The summed E-state index contributed by atoms with van der Waals surface area (Å²) in [6.07, 6.45) is 8.09. The van der Waals surface area contributed by atoms with Gasteiger partial charge in [-0.25, -0.2) is 4.68 Å². The van der Waals surface area contributed by atoms with Crippen LogP contribution in [0, 0.1) is 19.3 Å². The monoisotopic (exact) mass is 396 g/mol. The molecule has 0 unspecified atom stereocenters. The average molecular weight is 397 g/mol. The molecular weight excluding hydrogens is 364 g/mol. The number of piperazine rings is 1. The van der Waals surface area contributed by atoms with Crippen LogP contribution >= 0.6 is 0 Å². The second-order valence-corrected chi connectivity index (χ2v) is 8.90. The minimum absolute atomic E-state index is 0.00457. The summed E-state index contributed by atoms with van der Waals surface area (Å²) in [6.45, 7) is 8.44. The average Bonchev–Trinajstić information content (AvgIpc) is 3.21. The number of carbonyl (C=O) groups excluding carboxylic acids is 1. The number of anilines is 1. The van der Waals surface area contributed by atoms with Crippen molar-refractivity contribution in [3.8, 4) is 0 Å². The van der Waals surface area contributed by atoms with E-state index in [2.05, 4.69) is 57.4 Å². The maximum absolute atomic E-state index is 13.2. The lowest BCUT2D eigenvalue weighted by molar-refractivity contribution is -0.135. The first-order valence-corrected chi connectivity index (χ1v) is 10.9. The maximum Gasteiger partial charge on any atom is 0.223 e. The van der Waals surface area contributed by atoms with Gasteiger partial charge in [0.2, 0.25) is 5.91 Å². The number of tetrazole rings is 1. The van der Waals surface area contributed by atoms with E-state index in [4.69, 9.17) is 0 Å². The molecule has 1 saturated carbocycles. The van der Waals surface area contributed by atoms with Gasteiger partial charge in [-0.1, -0.05) is 37.0 Å². The van der Waals surface area contributed by atoms with E-state index in [-0.39, 0.29) is 5.41 Å². The van der Waals surface area contributed by atoms with Crippen molar-refractivity contribution in [2.45, 2.75) is 58.9 Å². The zero-order valence-electron chi connectivity index (χ0n) is 17.7. The van der Waals surface area contributed by atoms with E-state index in [1.807, 2.05) is 0 Å². The number of carbonyl (C=O) groups is 1. The Morgan fingerprint density at radius 2 is 1.83 bits per heavy atom. The summed E-state index contributed by atoms with van der Waals surface area (Å²) in [7, 11) is 0. The summed E-state index contributed by atoms with van der Waals surface area (Å²) in [6, 6.07) is 6.62. The van der Waals surface area contributed by atoms with Crippen molar-refractivity contribution in [2.75, 3.05) is 31.1 Å². The minimum Gasteiger partial charge on any atom is -0.368 e. The first kappa shape index (κ1) is 19.9. The molecule has 0 N–H and O–H groups in total. The molecule has 1 saturated heterocycles. The number of hydrogen-bond donors (Lipinski definition) is 0. The fraction of sp³-hybridized carbons (Fsp3) is 0.636. The Morgan fingerprint density at radius 1 is 1.07 bits per heavy atom. The van der Waals surface area contributed by atoms with Crippen molar-refractivity contribution in [2.24, 2.45) is 5.41 Å². The smallest absolute Gasteiger partial charge is 0.223 e. The molecule has 7 heteroatoms. The van der Waals surface area contributed by atoms with Gasteiger partial charge in [0.25, 0.3) is 0 Å². The summed E-state index contributed by atoms with van der Waals surface area (Å²) >= 11 is 0. The predicted octanol–water partition coefficient (Wildman–Crippen LogP) is 2.98. The summed E-state index contributed by atoms with van der Waals surface area (Å²) in [5.41, 5.74) is 3.90. The Labute approximate surface area is 173 Å². The lowest BCUT2D eigenvalue weighted by atomic mass is 9.71. The third-order valence-electron chi connectivity index (χ3n) is 6.65. The van der Waals surface area contributed by atoms with Crippen LogP contribution in [-0.2, 0) is 11.3 Å². The van der Waals surface area contributed by atoms with Crippen LogP contribution in [0.4, 0.5) is 5.69 Å². The Kier molecular flexibility index (Phi) is 5.83. The number of aryl methyl sites for hydroxylation is 2. The fourth-order valence-corrected chi connectivity index (χ4v) is 5.08. The number of amides is 1. The molecule has 1 aromatic heterocycles. The second kappa shape index (κ2) is 8.51. The highest BCUT2D eigenvalue weighted by Crippen LogP contribution is 2.41. The largest absolute Gasteiger partial charge is 0.368 e. The first-order valence-electron chi connectivity index (χ1n) is 10.9. The summed E-state index contributed by atoms with van der Waals surface area (Å²) < 4.78 is 1.80. The number of hydrogen-bond acceptors (Lipinski definition) is 5. The van der Waals surface area contributed by atoms with Crippen LogP contribution in [0.3, 0.4) is 0 Å². The van der Waals surface area contributed by atoms with E-state index in [1.54, 1.807) is 11.0 Å². The molecule has 2 aliphatic rings. The van der Waals surface area contributed by atoms with Crippen LogP contribution in [-0.4, -0.2) is 57.2 Å². The third kappa shape index (κ3) is 4.60. The van der Waals surface area contributed by atoms with Gasteiger partial charge >= 0.3 is 0 Å². The van der Waals surface area contributed by atoms with Gasteiger partial charge in [0, 0.05) is 38.3 Å². The van der Waals surface area contributed by atoms with Gasteiger partial charge < -0.3 is 9.80 Å². The SMILES string of the molecule is Cc1ccc(N2CCN(C(=O)CC3(Cn4cnnn4)CCCCC3)CC2)c(C)c1. The summed E-state index contributed by atoms with van der Waals surface area (Å²) in [5, 5.41) is 11.6. The molecule has 1 amide bonds. The molecule has 1 aromatic carbocycles. The number of rotatable bonds is 5. The Morgan fingerprint density at radius 3 is 2.48 bits per heavy atom. The third-order valence-corrected chi connectivity index (χ3v) is 6.65. The Bertz CT molecular complexity index is 820. The zero-order valence-corrected chi connectivity index (χ0v) is 17.7. The van der Waals surface area contributed by atoms with Crippen molar-refractivity contribution in [3.63, 3.8) is 0 Å². The minimum atomic E-state index is -0.00457. The standard InChI is InChI=1S/C22H32N6O/c1-18-6-7-20(19(2)14-18)26-10-12-27(13-11-26)21(29)15-22(8-4-3-5-9-22)16-28-17-23-24-25-28/h6-7,14,17H,3-5,8-13,15-16H2,1-2H3. The summed E-state index contributed by atoms with van der Waals surface area (Å²) in [4.78, 5) is 17.7. The van der Waals surface area contributed by atoms with Gasteiger partial charge in [0.05, 0.1) is 6.54 Å². The van der Waals surface area contributed by atoms with E-state index in [1.165, 1.54) is 36.1 Å². The van der Waals surface area contributed by atoms with Gasteiger partial charge in [-0.3, -0.25) is 4.79 Å². The molecule has 1 aliphatic heterocycles. The van der Waals surface area contributed by atoms with Crippen molar-refractivity contribution < 1.29 is 4.79 Å². The van der Waals surface area contributed by atoms with Gasteiger partial charge in [0.15, 0.2) is 0 Å². The highest BCUT2D eigenvalue weighted by molar-refractivity contribution is 5.77. The molecule has 2 fully saturated rings. The molecule has 0 spiro atoms. The molecule has 0 radical (unpaired) electrons. The number of nitrogens with zero attached hydrogens (tertiary/aromatic N) is 6. The fourth-order valence-electron chi connectivity index (χ4n) is 5.08. The molecule has 4 rings (SSSR count). The Hall–Kier alpha value is -2.44. The van der Waals surface area contributed by atoms with Crippen LogP contribution in [0.2, 0.25) is 0 Å². The Balaban J connectivity index is 1.38. The molecule has 2 aromatic rings. The van der Waals surface area contributed by atoms with Crippen LogP contribution in [0.5, 0.6) is 0 Å². The maximum atomic E-state index is 13.2. The van der Waals surface area contributed by atoms with E-state index >= 15 is 0 Å². The second-order valence-electron chi connectivity index (χ2n) is 8.90. The molecule has 0 atom stereocenters. The number of benzene rings is 1. The lowest BCUT2D eigenvalue weighted by Gasteiger charge is -2.41. The van der Waals surface area contributed by atoms with E-state index in [9.17, 15) is 4.79 Å². The van der Waals surface area contributed by atoms with E-state index in [0.717, 1.165) is 45.6 Å². The van der Waals surface area contributed by atoms with Crippen LogP contribution in [0.15, 0.2) is 24.5 Å². The molecule has 156 valence electrons. The molecule has 29 heavy (non-hydrogen) atoms. The topological polar surface area (TPSA) is 67.2 Å². The normalized spacial score (nSPS) is 19.4. The highest BCUT2D eigenvalue weighted by atomic mass is 16.2. The van der Waals surface area contributed by atoms with Gasteiger partial charge in [-0.2, -0.15) is 0 Å². The quantitative estimate of drug-likeness (QED) is 0.777. The highest BCUT2D eigenvalue weighted by Gasteiger charge is 2.37. The molecular formula is C22H32N6O. The number of aromatic nitrogens is 4. The predicted molar refractivity (Wildman–Crippen MR) is 113 cm³/mol. The molecule has 2 heterocycles.